The van der Waals surface area contributed by atoms with Gasteiger partial charge in [-0.3, -0.25) is 0 Å². The van der Waals surface area contributed by atoms with Crippen LogP contribution in [-0.2, 0) is 40.4 Å². The van der Waals surface area contributed by atoms with Gasteiger partial charge in [-0.2, -0.15) is 0 Å². The molecule has 9 heteroatoms. The Labute approximate surface area is 336 Å². The van der Waals surface area contributed by atoms with E-state index in [2.05, 4.69) is 59.7 Å². The van der Waals surface area contributed by atoms with E-state index in [1.165, 1.54) is 17.3 Å². The Morgan fingerprint density at radius 2 is 1.25 bits per heavy atom. The molecule has 2 aliphatic rings. The molecular formula is C47H56O8S. The number of hydrogen-bond acceptors (Lipinski definition) is 9. The molecule has 2 fully saturated rings. The highest BCUT2D eigenvalue weighted by atomic mass is 32.2. The molecule has 56 heavy (non-hydrogen) atoms. The highest BCUT2D eigenvalue weighted by molar-refractivity contribution is 7.99. The maximum absolute atomic E-state index is 14.0. The molecule has 0 saturated carbocycles. The van der Waals surface area contributed by atoms with E-state index in [0.29, 0.717) is 17.7 Å². The first-order valence-corrected chi connectivity index (χ1v) is 20.6. The lowest BCUT2D eigenvalue weighted by atomic mass is 9.83. The molecule has 4 aromatic carbocycles. The zero-order valence-electron chi connectivity index (χ0n) is 33.8. The van der Waals surface area contributed by atoms with Crippen molar-refractivity contribution in [3.05, 3.63) is 137 Å². The third kappa shape index (κ3) is 10.1. The number of hydrogen-bond donors (Lipinski definition) is 0. The van der Waals surface area contributed by atoms with Gasteiger partial charge in [0.25, 0.3) is 0 Å². The van der Waals surface area contributed by atoms with Crippen LogP contribution < -0.4 is 0 Å². The highest BCUT2D eigenvalue weighted by Crippen LogP contribution is 2.43. The molecule has 0 spiro atoms. The zero-order chi connectivity index (χ0) is 40.0. The topological polar surface area (TPSA) is 89.5 Å². The van der Waals surface area contributed by atoms with Crippen molar-refractivity contribution in [2.24, 2.45) is 17.8 Å². The van der Waals surface area contributed by atoms with Crippen LogP contribution >= 0.6 is 11.8 Å². The van der Waals surface area contributed by atoms with Crippen LogP contribution in [0.5, 0.6) is 0 Å². The third-order valence-corrected chi connectivity index (χ3v) is 12.5. The Balaban J connectivity index is 1.37. The molecule has 298 valence electrons. The Kier molecular flexibility index (Phi) is 13.8. The molecule has 2 heterocycles. The summed E-state index contributed by atoms with van der Waals surface area (Å²) in [5.41, 5.74) is 3.39. The SMILES string of the molecule is Cc1ccc(C(C)(C)C)cc1S[C@@H]1OC(COCc2ccccc2)[C@@H](C)[C@H](O[C@@H]2OC(C)[C@H](C)[C@H](C)C2OC(=O)c2ccccc2)C1OC(=O)c1ccccc1. The standard InChI is InChI=1S/C47H56O8S/c1-29-24-25-37(47(6,7)8)26-39(29)56-46-42(54-44(49)36-22-16-11-17-23-36)40(32(4)38(52-46)28-50-27-34-18-12-9-13-19-34)55-45-41(31(3)30(2)33(5)51-45)53-43(48)35-20-14-10-15-21-35/h9-26,30-33,38,40-42,45-46H,27-28H2,1-8H3/t30-,31+,32-,33?,38?,40+,41?,42?,45+,46+/m1/s1. The molecule has 0 aliphatic carbocycles. The van der Waals surface area contributed by atoms with Crippen LogP contribution in [0.2, 0.25) is 0 Å². The lowest BCUT2D eigenvalue weighted by molar-refractivity contribution is -0.310. The van der Waals surface area contributed by atoms with Gasteiger partial charge in [0.1, 0.15) is 11.5 Å². The molecule has 6 rings (SSSR count). The number of benzene rings is 4. The summed E-state index contributed by atoms with van der Waals surface area (Å²) in [6, 6.07) is 34.4. The van der Waals surface area contributed by atoms with Crippen molar-refractivity contribution in [1.29, 1.82) is 0 Å². The van der Waals surface area contributed by atoms with E-state index in [1.807, 2.05) is 80.6 Å². The molecule has 8 nitrogen and oxygen atoms in total. The first-order valence-electron chi connectivity index (χ1n) is 19.7. The van der Waals surface area contributed by atoms with Crippen LogP contribution in [0.4, 0.5) is 0 Å². The van der Waals surface area contributed by atoms with E-state index in [0.717, 1.165) is 16.0 Å². The quantitative estimate of drug-likeness (QED) is 0.130. The van der Waals surface area contributed by atoms with Gasteiger partial charge in [-0.15, -0.1) is 0 Å². The predicted octanol–water partition coefficient (Wildman–Crippen LogP) is 9.82. The molecule has 0 radical (unpaired) electrons. The molecule has 2 saturated heterocycles. The maximum atomic E-state index is 14.0. The lowest BCUT2D eigenvalue weighted by Crippen LogP contribution is -2.60. The Morgan fingerprint density at radius 1 is 0.679 bits per heavy atom. The summed E-state index contributed by atoms with van der Waals surface area (Å²) in [6.07, 6.45) is -3.94. The predicted molar refractivity (Wildman–Crippen MR) is 218 cm³/mol. The van der Waals surface area contributed by atoms with Crippen LogP contribution in [0.1, 0.15) is 85.9 Å². The van der Waals surface area contributed by atoms with Gasteiger partial charge in [0.15, 0.2) is 18.5 Å². The number of esters is 2. The van der Waals surface area contributed by atoms with Crippen molar-refractivity contribution >= 4 is 23.7 Å². The molecule has 4 aromatic rings. The van der Waals surface area contributed by atoms with Crippen molar-refractivity contribution in [3.8, 4) is 0 Å². The first-order chi connectivity index (χ1) is 26.8. The van der Waals surface area contributed by atoms with Crippen molar-refractivity contribution in [2.75, 3.05) is 6.61 Å². The van der Waals surface area contributed by atoms with Gasteiger partial charge in [0, 0.05) is 16.7 Å². The van der Waals surface area contributed by atoms with Crippen LogP contribution in [0.15, 0.2) is 114 Å². The van der Waals surface area contributed by atoms with E-state index in [1.54, 1.807) is 24.3 Å². The van der Waals surface area contributed by atoms with Gasteiger partial charge >= 0.3 is 11.9 Å². The molecule has 0 amide bonds. The summed E-state index contributed by atoms with van der Waals surface area (Å²) in [4.78, 5) is 28.5. The molecular weight excluding hydrogens is 725 g/mol. The second-order valence-corrected chi connectivity index (χ2v) is 17.4. The van der Waals surface area contributed by atoms with Crippen molar-refractivity contribution in [1.82, 2.24) is 0 Å². The number of thioether (sulfide) groups is 1. The summed E-state index contributed by atoms with van der Waals surface area (Å²) >= 11 is 1.52. The fourth-order valence-electron chi connectivity index (χ4n) is 7.18. The van der Waals surface area contributed by atoms with Gasteiger partial charge in [0.2, 0.25) is 0 Å². The molecule has 4 unspecified atom stereocenters. The van der Waals surface area contributed by atoms with Gasteiger partial charge in [0.05, 0.1) is 36.5 Å². The van der Waals surface area contributed by atoms with E-state index in [9.17, 15) is 9.59 Å². The molecule has 0 N–H and O–H groups in total. The summed E-state index contributed by atoms with van der Waals surface area (Å²) in [5, 5.41) is 0. The second-order valence-electron chi connectivity index (χ2n) is 16.3. The van der Waals surface area contributed by atoms with Crippen molar-refractivity contribution < 1.29 is 38.0 Å². The summed E-state index contributed by atoms with van der Waals surface area (Å²) in [7, 11) is 0. The van der Waals surface area contributed by atoms with E-state index < -0.39 is 48.1 Å². The lowest BCUT2D eigenvalue weighted by Gasteiger charge is -2.49. The minimum absolute atomic E-state index is 0.0720. The van der Waals surface area contributed by atoms with Crippen LogP contribution in [0.25, 0.3) is 0 Å². The van der Waals surface area contributed by atoms with Gasteiger partial charge in [-0.05, 0) is 72.2 Å². The van der Waals surface area contributed by atoms with Crippen LogP contribution in [0, 0.1) is 24.7 Å². The van der Waals surface area contributed by atoms with Crippen LogP contribution in [-0.4, -0.2) is 60.8 Å². The molecule has 10 atom stereocenters. The number of rotatable bonds is 12. The van der Waals surface area contributed by atoms with Gasteiger partial charge in [-0.1, -0.05) is 132 Å². The van der Waals surface area contributed by atoms with E-state index in [4.69, 9.17) is 28.4 Å². The normalized spacial score (nSPS) is 28.0. The number of ether oxygens (including phenoxy) is 6. The first kappa shape index (κ1) is 41.6. The third-order valence-electron chi connectivity index (χ3n) is 11.2. The smallest absolute Gasteiger partial charge is 0.338 e. The molecule has 0 bridgehead atoms. The van der Waals surface area contributed by atoms with Gasteiger partial charge < -0.3 is 28.4 Å². The number of aryl methyl sites for hydroxylation is 1. The summed E-state index contributed by atoms with van der Waals surface area (Å²) in [5.74, 6) is -1.31. The van der Waals surface area contributed by atoms with Gasteiger partial charge in [-0.25, -0.2) is 9.59 Å². The molecule has 2 aliphatic heterocycles. The monoisotopic (exact) mass is 780 g/mol. The minimum atomic E-state index is -0.949. The summed E-state index contributed by atoms with van der Waals surface area (Å²) in [6.45, 7) is 17.5. The van der Waals surface area contributed by atoms with Crippen LogP contribution in [0.3, 0.4) is 0 Å². The Hall–Kier alpha value is -3.99. The second kappa shape index (κ2) is 18.5. The number of carbonyl (C=O) groups excluding carboxylic acids is 2. The average molecular weight is 781 g/mol. The fourth-order valence-corrected chi connectivity index (χ4v) is 8.42. The minimum Gasteiger partial charge on any atom is -0.453 e. The highest BCUT2D eigenvalue weighted by Gasteiger charge is 2.52. The van der Waals surface area contributed by atoms with Crippen molar-refractivity contribution in [2.45, 2.75) is 115 Å². The Bertz CT molecular complexity index is 1880. The van der Waals surface area contributed by atoms with E-state index in [-0.39, 0.29) is 35.9 Å². The Morgan fingerprint density at radius 3 is 1.84 bits per heavy atom. The average Bonchev–Trinajstić information content (AvgIpc) is 3.19. The maximum Gasteiger partial charge on any atom is 0.338 e. The number of carbonyl (C=O) groups is 2. The molecule has 0 aromatic heterocycles. The van der Waals surface area contributed by atoms with Crippen molar-refractivity contribution in [3.63, 3.8) is 0 Å². The largest absolute Gasteiger partial charge is 0.453 e. The van der Waals surface area contributed by atoms with E-state index >= 15 is 0 Å². The zero-order valence-corrected chi connectivity index (χ0v) is 34.6. The fraction of sp³-hybridized carbons (Fsp3) is 0.447. The summed E-state index contributed by atoms with van der Waals surface area (Å²) < 4.78 is 39.7.